The number of unbranched alkanes of at least 4 members (excludes halogenated alkanes) is 2. The minimum Gasteiger partial charge on any atom is -0.484 e. The molecule has 3 aromatic rings. The highest BCUT2D eigenvalue weighted by molar-refractivity contribution is 7.13. The molecule has 1 N–H and O–H groups in total. The standard InChI is InChI=1S/C31H29BF2N4O6S/c33-32(34)37-23(10-14-26(37)27-5-4-18-45-27)19-22-9-13-25(36-22)21-7-11-24(12-8-21)43-20-28(39)35-17-3-1-2-6-31(42)44-38-29(40)15-16-30(38)41/h4-5,7-14,18-19H,1-3,6,15-17,20H2,(H,35,39)/b22-19-. The maximum atomic E-state index is 13.9. The molecule has 0 radical (unpaired) electrons. The SMILES string of the molecule is O=C(COc1ccc(C2=N/C(=C\c3ccc(-c4cccs4)n3B(F)F)C=C2)cc1)NCCCCCC(=O)ON1C(=O)CCC1=O. The van der Waals surface area contributed by atoms with Gasteiger partial charge in [-0.1, -0.05) is 12.5 Å². The topological polar surface area (TPSA) is 119 Å². The summed E-state index contributed by atoms with van der Waals surface area (Å²) in [4.78, 5) is 57.1. The Morgan fingerprint density at radius 1 is 1.00 bits per heavy atom. The Bertz CT molecular complexity index is 1630. The Balaban J connectivity index is 1.03. The second-order valence-corrected chi connectivity index (χ2v) is 11.1. The molecule has 4 heterocycles. The van der Waals surface area contributed by atoms with Crippen molar-refractivity contribution < 1.29 is 37.4 Å². The Morgan fingerprint density at radius 3 is 2.49 bits per heavy atom. The van der Waals surface area contributed by atoms with Crippen molar-refractivity contribution in [2.75, 3.05) is 13.2 Å². The van der Waals surface area contributed by atoms with Crippen LogP contribution in [0.2, 0.25) is 0 Å². The zero-order valence-electron chi connectivity index (χ0n) is 24.1. The minimum absolute atomic E-state index is 0.0514. The van der Waals surface area contributed by atoms with Crippen LogP contribution in [0.4, 0.5) is 8.63 Å². The van der Waals surface area contributed by atoms with E-state index in [-0.39, 0.29) is 31.8 Å². The number of allylic oxidation sites excluding steroid dienone is 2. The Hall–Kier alpha value is -4.85. The highest BCUT2D eigenvalue weighted by Crippen LogP contribution is 2.29. The lowest BCUT2D eigenvalue weighted by Crippen LogP contribution is -2.32. The average molecular weight is 634 g/mol. The van der Waals surface area contributed by atoms with Crippen LogP contribution in [0.3, 0.4) is 0 Å². The normalized spacial score (nSPS) is 15.1. The third kappa shape index (κ3) is 8.21. The fraction of sp³-hybridized carbons (Fsp3) is 0.258. The van der Waals surface area contributed by atoms with Gasteiger partial charge in [0, 0.05) is 41.9 Å². The molecule has 1 fully saturated rings. The molecular weight excluding hydrogens is 605 g/mol. The number of nitrogens with zero attached hydrogens (tertiary/aromatic N) is 3. The summed E-state index contributed by atoms with van der Waals surface area (Å²) in [5.74, 6) is -1.46. The molecule has 1 saturated heterocycles. The van der Waals surface area contributed by atoms with Gasteiger partial charge in [0.1, 0.15) is 5.75 Å². The van der Waals surface area contributed by atoms with E-state index >= 15 is 0 Å². The van der Waals surface area contributed by atoms with Crippen molar-refractivity contribution in [2.24, 2.45) is 4.99 Å². The lowest BCUT2D eigenvalue weighted by molar-refractivity contribution is -0.197. The average Bonchev–Trinajstić information content (AvgIpc) is 3.84. The van der Waals surface area contributed by atoms with Crippen molar-refractivity contribution in [1.82, 2.24) is 14.9 Å². The number of aromatic nitrogens is 1. The first-order valence-corrected chi connectivity index (χ1v) is 15.2. The van der Waals surface area contributed by atoms with E-state index in [4.69, 9.17) is 9.57 Å². The van der Waals surface area contributed by atoms with Crippen LogP contribution in [0.15, 0.2) is 76.8 Å². The zero-order valence-corrected chi connectivity index (χ0v) is 24.9. The van der Waals surface area contributed by atoms with Crippen molar-refractivity contribution >= 4 is 54.2 Å². The van der Waals surface area contributed by atoms with Crippen LogP contribution >= 0.6 is 11.3 Å². The lowest BCUT2D eigenvalue weighted by Gasteiger charge is -2.12. The monoisotopic (exact) mass is 634 g/mol. The van der Waals surface area contributed by atoms with Crippen molar-refractivity contribution in [3.05, 3.63) is 83.0 Å². The van der Waals surface area contributed by atoms with Crippen molar-refractivity contribution in [2.45, 2.75) is 38.5 Å². The van der Waals surface area contributed by atoms with Crippen LogP contribution in [0.5, 0.6) is 5.75 Å². The number of hydrogen-bond acceptors (Lipinski definition) is 8. The molecule has 10 nitrogen and oxygen atoms in total. The summed E-state index contributed by atoms with van der Waals surface area (Å²) in [7, 11) is -2.70. The fourth-order valence-corrected chi connectivity index (χ4v) is 5.47. The number of hydrogen-bond donors (Lipinski definition) is 1. The molecule has 14 heteroatoms. The highest BCUT2D eigenvalue weighted by atomic mass is 32.1. The third-order valence-corrected chi connectivity index (χ3v) is 7.87. The summed E-state index contributed by atoms with van der Waals surface area (Å²) in [6.45, 7) is 0.229. The number of carbonyl (C=O) groups is 4. The largest absolute Gasteiger partial charge is 0.678 e. The first-order chi connectivity index (χ1) is 21.8. The first-order valence-electron chi connectivity index (χ1n) is 14.4. The Morgan fingerprint density at radius 2 is 1.78 bits per heavy atom. The van der Waals surface area contributed by atoms with Gasteiger partial charge >= 0.3 is 13.4 Å². The number of amides is 3. The molecule has 45 heavy (non-hydrogen) atoms. The fourth-order valence-electron chi connectivity index (χ4n) is 4.72. The molecule has 0 spiro atoms. The predicted molar refractivity (Wildman–Crippen MR) is 165 cm³/mol. The van der Waals surface area contributed by atoms with Crippen LogP contribution < -0.4 is 10.1 Å². The summed E-state index contributed by atoms with van der Waals surface area (Å²) < 4.78 is 34.4. The van der Waals surface area contributed by atoms with Crippen molar-refractivity contribution in [1.29, 1.82) is 0 Å². The van der Waals surface area contributed by atoms with Gasteiger partial charge in [0.15, 0.2) is 6.61 Å². The third-order valence-electron chi connectivity index (χ3n) is 6.97. The van der Waals surface area contributed by atoms with Gasteiger partial charge < -0.3 is 19.4 Å². The number of nitrogens with one attached hydrogen (secondary N) is 1. The molecule has 0 aliphatic carbocycles. The van der Waals surface area contributed by atoms with Crippen LogP contribution in [-0.4, -0.2) is 59.5 Å². The van der Waals surface area contributed by atoms with Crippen molar-refractivity contribution in [3.8, 4) is 16.3 Å². The van der Waals surface area contributed by atoms with Gasteiger partial charge in [-0.15, -0.1) is 16.4 Å². The van der Waals surface area contributed by atoms with Gasteiger partial charge in [-0.25, -0.2) is 9.79 Å². The summed E-state index contributed by atoms with van der Waals surface area (Å²) in [5.41, 5.74) is 2.84. The number of benzene rings is 1. The minimum atomic E-state index is -2.70. The number of rotatable bonds is 14. The van der Waals surface area contributed by atoms with E-state index in [0.29, 0.717) is 59.4 Å². The first kappa shape index (κ1) is 31.6. The maximum Gasteiger partial charge on any atom is 0.678 e. The van der Waals surface area contributed by atoms with E-state index < -0.39 is 25.2 Å². The maximum absolute atomic E-state index is 13.9. The number of ether oxygens (including phenoxy) is 1. The molecule has 2 aliphatic rings. The van der Waals surface area contributed by atoms with Crippen LogP contribution in [0, 0.1) is 0 Å². The molecule has 0 saturated carbocycles. The molecule has 2 aromatic heterocycles. The van der Waals surface area contributed by atoms with E-state index in [1.165, 1.54) is 11.3 Å². The molecule has 0 atom stereocenters. The smallest absolute Gasteiger partial charge is 0.484 e. The molecular formula is C31H29BF2N4O6S. The molecule has 3 amide bonds. The zero-order chi connectivity index (χ0) is 31.8. The number of carbonyl (C=O) groups excluding carboxylic acids is 4. The van der Waals surface area contributed by atoms with E-state index in [9.17, 15) is 27.8 Å². The van der Waals surface area contributed by atoms with Gasteiger partial charge in [0.05, 0.1) is 17.1 Å². The van der Waals surface area contributed by atoms with Crippen LogP contribution in [0.25, 0.3) is 16.6 Å². The van der Waals surface area contributed by atoms with Gasteiger partial charge in [0.2, 0.25) is 0 Å². The Labute approximate surface area is 262 Å². The van der Waals surface area contributed by atoms with Crippen LogP contribution in [0.1, 0.15) is 49.8 Å². The summed E-state index contributed by atoms with van der Waals surface area (Å²) >= 11 is 1.40. The number of hydroxylamine groups is 2. The lowest BCUT2D eigenvalue weighted by atomic mass is 10.1. The second-order valence-electron chi connectivity index (χ2n) is 10.2. The highest BCUT2D eigenvalue weighted by Gasteiger charge is 2.32. The van der Waals surface area contributed by atoms with E-state index in [0.717, 1.165) is 14.9 Å². The van der Waals surface area contributed by atoms with Gasteiger partial charge in [0.25, 0.3) is 17.7 Å². The molecule has 1 aromatic carbocycles. The number of thiophene rings is 1. The van der Waals surface area contributed by atoms with Gasteiger partial charge in [-0.05, 0) is 78.9 Å². The number of halogens is 2. The van der Waals surface area contributed by atoms with Crippen LogP contribution in [-0.2, 0) is 24.0 Å². The predicted octanol–water partition coefficient (Wildman–Crippen LogP) is 5.05. The second kappa shape index (κ2) is 14.8. The van der Waals surface area contributed by atoms with Crippen molar-refractivity contribution in [3.63, 3.8) is 0 Å². The van der Waals surface area contributed by atoms with Gasteiger partial charge in [-0.3, -0.25) is 23.0 Å². The van der Waals surface area contributed by atoms with E-state index in [1.54, 1.807) is 48.6 Å². The van der Waals surface area contributed by atoms with E-state index in [2.05, 4.69) is 10.3 Å². The van der Waals surface area contributed by atoms with E-state index in [1.807, 2.05) is 23.6 Å². The molecule has 232 valence electrons. The van der Waals surface area contributed by atoms with Gasteiger partial charge in [-0.2, -0.15) is 0 Å². The molecule has 5 rings (SSSR count). The number of imide groups is 1. The quantitative estimate of drug-likeness (QED) is 0.151. The molecule has 0 bridgehead atoms. The summed E-state index contributed by atoms with van der Waals surface area (Å²) in [6.07, 6.45) is 7.13. The molecule has 2 aliphatic heterocycles. The number of aliphatic imine (C=N–C) groups is 1. The summed E-state index contributed by atoms with van der Waals surface area (Å²) in [6, 6.07) is 14.0. The Kier molecular flexibility index (Phi) is 10.4. The summed E-state index contributed by atoms with van der Waals surface area (Å²) in [5, 5.41) is 5.13. The molecule has 0 unspecified atom stereocenters.